The van der Waals surface area contributed by atoms with Crippen LogP contribution < -0.4 is 41.0 Å². The van der Waals surface area contributed by atoms with E-state index in [4.69, 9.17) is 14.2 Å². The molecule has 0 atom stereocenters. The molecule has 0 unspecified atom stereocenters. The normalized spacial score (nSPS) is 10.7. The summed E-state index contributed by atoms with van der Waals surface area (Å²) >= 11 is 0. The van der Waals surface area contributed by atoms with Gasteiger partial charge >= 0.3 is 0 Å². The van der Waals surface area contributed by atoms with Crippen LogP contribution in [-0.2, 0) is 14.4 Å². The van der Waals surface area contributed by atoms with Gasteiger partial charge in [-0.2, -0.15) is 15.3 Å². The molecule has 0 aromatic heterocycles. The fraction of sp³-hybridized carbons (Fsp3) is 0.265. The molecule has 0 aliphatic carbocycles. The summed E-state index contributed by atoms with van der Waals surface area (Å²) in [4.78, 5) is 34.5. The Hall–Kier alpha value is -5.96. The van der Waals surface area contributed by atoms with Crippen molar-refractivity contribution >= 4 is 71.8 Å². The lowest BCUT2D eigenvalue weighted by Crippen LogP contribution is -2.30. The van der Waals surface area contributed by atoms with Gasteiger partial charge in [-0.15, -0.1) is 17.5 Å². The summed E-state index contributed by atoms with van der Waals surface area (Å²) in [5.74, 6) is 0.977. The maximum Gasteiger partial charge on any atom is 0.257 e. The Bertz CT molecular complexity index is 1660. The summed E-state index contributed by atoms with van der Waals surface area (Å²) in [6, 6.07) is 15.5. The van der Waals surface area contributed by atoms with Crippen molar-refractivity contribution < 1.29 is 28.6 Å². The summed E-state index contributed by atoms with van der Waals surface area (Å²) in [6.45, 7) is 11.0. The SMILES string of the molecule is CCOc1cc(NC(C)=O)ccc1C=NN=C(NN=Cc1ccc(NC(C)=O)cc1OCC)NN=Cc1ccc(NC(C)=O)cc1OCC.Cl. The lowest BCUT2D eigenvalue weighted by Gasteiger charge is -2.10. The Morgan fingerprint density at radius 1 is 0.580 bits per heavy atom. The number of hydrogen-bond acceptors (Lipinski definition) is 10. The van der Waals surface area contributed by atoms with Crippen molar-refractivity contribution in [2.45, 2.75) is 41.5 Å². The van der Waals surface area contributed by atoms with E-state index in [0.717, 1.165) is 0 Å². The maximum atomic E-state index is 11.5. The average molecular weight is 708 g/mol. The standard InChI is InChI=1S/C34H41N9O6.ClH/c1-7-47-31-16-28(38-22(4)44)13-10-25(31)19-35-41-34(42-36-20-26-11-14-29(39-23(5)45)17-32(26)48-8-2)43-37-21-27-12-15-30(40-24(6)46)18-33(27)49-9-3;/h10-21H,7-9H2,1-6H3,(H,38,44)(H,39,45)(H,40,46)(H2,41,42,43);1H. The first-order chi connectivity index (χ1) is 23.6. The molecule has 3 aromatic carbocycles. The molecule has 0 bridgehead atoms. The van der Waals surface area contributed by atoms with Gasteiger partial charge in [0.15, 0.2) is 0 Å². The quantitative estimate of drug-likeness (QED) is 0.0818. The highest BCUT2D eigenvalue weighted by Crippen LogP contribution is 2.24. The molecular formula is C34H42ClN9O6. The number of nitrogens with one attached hydrogen (secondary N) is 5. The number of hydrazone groups is 2. The summed E-state index contributed by atoms with van der Waals surface area (Å²) in [7, 11) is 0. The molecule has 0 radical (unpaired) electrons. The third-order valence-corrected chi connectivity index (χ3v) is 6.00. The summed E-state index contributed by atoms with van der Waals surface area (Å²) in [6.07, 6.45) is 4.53. The van der Waals surface area contributed by atoms with Gasteiger partial charge in [-0.1, -0.05) is 0 Å². The van der Waals surface area contributed by atoms with Crippen molar-refractivity contribution in [1.29, 1.82) is 0 Å². The maximum absolute atomic E-state index is 11.5. The molecule has 5 N–H and O–H groups in total. The van der Waals surface area contributed by atoms with Gasteiger partial charge in [0, 0.05) is 72.7 Å². The van der Waals surface area contributed by atoms with Crippen LogP contribution in [-0.4, -0.2) is 62.1 Å². The molecule has 0 heterocycles. The smallest absolute Gasteiger partial charge is 0.257 e. The number of hydrogen-bond donors (Lipinski definition) is 5. The molecule has 15 nitrogen and oxygen atoms in total. The fourth-order valence-corrected chi connectivity index (χ4v) is 4.15. The molecule has 0 saturated heterocycles. The van der Waals surface area contributed by atoms with Crippen molar-refractivity contribution in [1.82, 2.24) is 10.9 Å². The fourth-order valence-electron chi connectivity index (χ4n) is 4.15. The van der Waals surface area contributed by atoms with Crippen molar-refractivity contribution in [3.05, 3.63) is 71.3 Å². The number of ether oxygens (including phenoxy) is 3. The van der Waals surface area contributed by atoms with Crippen molar-refractivity contribution in [3.8, 4) is 17.2 Å². The number of amides is 3. The van der Waals surface area contributed by atoms with Crippen LogP contribution >= 0.6 is 12.4 Å². The monoisotopic (exact) mass is 707 g/mol. The Morgan fingerprint density at radius 3 is 1.24 bits per heavy atom. The topological polar surface area (TPSA) is 188 Å². The first-order valence-electron chi connectivity index (χ1n) is 15.4. The second-order valence-corrected chi connectivity index (χ2v) is 10.0. The molecule has 3 aromatic rings. The van der Waals surface area contributed by atoms with E-state index in [0.29, 0.717) is 70.8 Å². The van der Waals surface area contributed by atoms with Gasteiger partial charge in [-0.25, -0.2) is 10.9 Å². The number of guanidine groups is 1. The third kappa shape index (κ3) is 13.6. The molecule has 3 amide bonds. The number of rotatable bonds is 15. The molecule has 0 saturated carbocycles. The van der Waals surface area contributed by atoms with E-state index in [9.17, 15) is 14.4 Å². The van der Waals surface area contributed by atoms with Crippen molar-refractivity contribution in [3.63, 3.8) is 0 Å². The van der Waals surface area contributed by atoms with Crippen LogP contribution in [0.15, 0.2) is 75.0 Å². The molecule has 0 aliphatic rings. The minimum atomic E-state index is -0.203. The lowest BCUT2D eigenvalue weighted by molar-refractivity contribution is -0.115. The molecule has 0 spiro atoms. The van der Waals surface area contributed by atoms with E-state index in [2.05, 4.69) is 47.2 Å². The van der Waals surface area contributed by atoms with Gasteiger partial charge in [0.05, 0.1) is 38.5 Å². The number of benzene rings is 3. The number of carbonyl (C=O) groups excluding carboxylic acids is 3. The van der Waals surface area contributed by atoms with Crippen LogP contribution in [0.2, 0.25) is 0 Å². The van der Waals surface area contributed by atoms with Gasteiger partial charge < -0.3 is 30.2 Å². The third-order valence-electron chi connectivity index (χ3n) is 6.00. The van der Waals surface area contributed by atoms with Crippen LogP contribution in [0.1, 0.15) is 58.2 Å². The number of halogens is 1. The Balaban J connectivity index is 0.00000867. The van der Waals surface area contributed by atoms with E-state index in [1.165, 1.54) is 39.4 Å². The zero-order valence-electron chi connectivity index (χ0n) is 28.7. The first kappa shape index (κ1) is 40.2. The van der Waals surface area contributed by atoms with Gasteiger partial charge in [-0.3, -0.25) is 14.4 Å². The Morgan fingerprint density at radius 2 is 0.920 bits per heavy atom. The van der Waals surface area contributed by atoms with Gasteiger partial charge in [0.2, 0.25) is 17.7 Å². The van der Waals surface area contributed by atoms with E-state index in [1.54, 1.807) is 54.6 Å². The number of nitrogens with zero attached hydrogens (tertiary/aromatic N) is 4. The van der Waals surface area contributed by atoms with E-state index >= 15 is 0 Å². The molecule has 0 fully saturated rings. The summed E-state index contributed by atoms with van der Waals surface area (Å²) in [5, 5.41) is 25.2. The van der Waals surface area contributed by atoms with E-state index in [-0.39, 0.29) is 36.1 Å². The Labute approximate surface area is 297 Å². The second-order valence-electron chi connectivity index (χ2n) is 10.0. The van der Waals surface area contributed by atoms with Gasteiger partial charge in [0.1, 0.15) is 17.2 Å². The predicted octanol–water partition coefficient (Wildman–Crippen LogP) is 5.12. The van der Waals surface area contributed by atoms with Gasteiger partial charge in [0.25, 0.3) is 5.96 Å². The van der Waals surface area contributed by atoms with Crippen LogP contribution in [0, 0.1) is 0 Å². The van der Waals surface area contributed by atoms with Crippen LogP contribution in [0.3, 0.4) is 0 Å². The van der Waals surface area contributed by atoms with Crippen LogP contribution in [0.5, 0.6) is 17.2 Å². The number of carbonyl (C=O) groups is 3. The molecule has 16 heteroatoms. The number of anilines is 3. The molecular weight excluding hydrogens is 666 g/mol. The van der Waals surface area contributed by atoms with E-state index < -0.39 is 0 Å². The summed E-state index contributed by atoms with van der Waals surface area (Å²) < 4.78 is 17.2. The Kier molecular flexibility index (Phi) is 17.0. The largest absolute Gasteiger partial charge is 0.493 e. The molecule has 266 valence electrons. The molecule has 50 heavy (non-hydrogen) atoms. The zero-order chi connectivity index (χ0) is 35.6. The predicted molar refractivity (Wildman–Crippen MR) is 199 cm³/mol. The molecule has 0 aliphatic heterocycles. The molecule has 3 rings (SSSR count). The van der Waals surface area contributed by atoms with E-state index in [1.807, 2.05) is 20.8 Å². The minimum absolute atomic E-state index is 0. The van der Waals surface area contributed by atoms with Crippen LogP contribution in [0.25, 0.3) is 0 Å². The second kappa shape index (κ2) is 21.1. The van der Waals surface area contributed by atoms with Gasteiger partial charge in [-0.05, 0) is 57.2 Å². The highest BCUT2D eigenvalue weighted by atomic mass is 35.5. The van der Waals surface area contributed by atoms with Crippen LogP contribution in [0.4, 0.5) is 17.1 Å². The minimum Gasteiger partial charge on any atom is -0.493 e. The highest BCUT2D eigenvalue weighted by molar-refractivity contribution is 5.94. The van der Waals surface area contributed by atoms with Crippen molar-refractivity contribution in [2.75, 3.05) is 35.8 Å². The highest BCUT2D eigenvalue weighted by Gasteiger charge is 2.08. The van der Waals surface area contributed by atoms with Crippen molar-refractivity contribution in [2.24, 2.45) is 20.4 Å². The first-order valence-corrected chi connectivity index (χ1v) is 15.4. The summed E-state index contributed by atoms with van der Waals surface area (Å²) in [5.41, 5.74) is 9.23. The lowest BCUT2D eigenvalue weighted by atomic mass is 10.2. The average Bonchev–Trinajstić information content (AvgIpc) is 3.03. The zero-order valence-corrected chi connectivity index (χ0v) is 29.5.